The van der Waals surface area contributed by atoms with Crippen LogP contribution >= 0.6 is 0 Å². The van der Waals surface area contributed by atoms with Gasteiger partial charge in [0.05, 0.1) is 17.8 Å². The van der Waals surface area contributed by atoms with Gasteiger partial charge in [0.1, 0.15) is 5.82 Å². The van der Waals surface area contributed by atoms with E-state index in [1.54, 1.807) is 29.2 Å². The van der Waals surface area contributed by atoms with Crippen LogP contribution in [-0.4, -0.2) is 54.7 Å². The number of fused-ring (bicyclic) bond motifs is 1. The molecule has 0 bridgehead atoms. The molecule has 0 saturated carbocycles. The van der Waals surface area contributed by atoms with Crippen LogP contribution in [0.15, 0.2) is 42.9 Å². The van der Waals surface area contributed by atoms with Gasteiger partial charge in [-0.05, 0) is 24.6 Å². The molecule has 1 fully saturated rings. The predicted octanol–water partition coefficient (Wildman–Crippen LogP) is 1.73. The Bertz CT molecular complexity index is 985. The van der Waals surface area contributed by atoms with Gasteiger partial charge < -0.3 is 15.3 Å². The molecule has 26 heavy (non-hydrogen) atoms. The molecular weight excluding hydrogens is 336 g/mol. The molecule has 3 aromatic heterocycles. The van der Waals surface area contributed by atoms with E-state index in [9.17, 15) is 9.59 Å². The number of pyridine rings is 1. The van der Waals surface area contributed by atoms with E-state index in [-0.39, 0.29) is 18.4 Å². The summed E-state index contributed by atoms with van der Waals surface area (Å²) in [5.74, 6) is -0.175. The summed E-state index contributed by atoms with van der Waals surface area (Å²) in [4.78, 5) is 33.1. The smallest absolute Gasteiger partial charge is 0.407 e. The minimum Gasteiger partial charge on any atom is -0.465 e. The summed E-state index contributed by atoms with van der Waals surface area (Å²) in [6.07, 6.45) is 4.49. The minimum atomic E-state index is -0.999. The van der Waals surface area contributed by atoms with Crippen LogP contribution in [0.1, 0.15) is 6.42 Å². The van der Waals surface area contributed by atoms with Crippen LogP contribution in [0.5, 0.6) is 0 Å². The van der Waals surface area contributed by atoms with Crippen molar-refractivity contribution in [3.8, 4) is 11.3 Å². The molecule has 1 aliphatic heterocycles. The molecule has 1 saturated heterocycles. The minimum absolute atomic E-state index is 0.207. The molecule has 0 aliphatic carbocycles. The number of hydrogen-bond donors (Lipinski definition) is 2. The SMILES string of the molecule is O=C(Nc1cc(-c2ccnc3ccnn23)ccn1)[C@H]1CCN(C(=O)O)C1. The molecule has 4 rings (SSSR count). The van der Waals surface area contributed by atoms with Gasteiger partial charge in [0.25, 0.3) is 0 Å². The standard InChI is InChI=1S/C17H16N6O3/c24-16(12-4-8-22(10-12)17(25)26)21-14-9-11(1-5-18-14)13-2-6-19-15-3-7-20-23(13)15/h1-3,5-7,9,12H,4,8,10H2,(H,25,26)(H,18,21,24)/t12-/m0/s1. The number of carbonyl (C=O) groups is 2. The van der Waals surface area contributed by atoms with Gasteiger partial charge in [0.15, 0.2) is 5.65 Å². The van der Waals surface area contributed by atoms with Crippen molar-refractivity contribution < 1.29 is 14.7 Å². The number of hydrogen-bond acceptors (Lipinski definition) is 5. The average Bonchev–Trinajstić information content (AvgIpc) is 3.31. The first-order valence-electron chi connectivity index (χ1n) is 8.16. The Labute approximate surface area is 148 Å². The van der Waals surface area contributed by atoms with Crippen molar-refractivity contribution >= 4 is 23.5 Å². The second-order valence-corrected chi connectivity index (χ2v) is 6.06. The van der Waals surface area contributed by atoms with Gasteiger partial charge in [-0.25, -0.2) is 19.3 Å². The lowest BCUT2D eigenvalue weighted by Crippen LogP contribution is -2.30. The fraction of sp³-hybridized carbons (Fsp3) is 0.235. The number of carboxylic acid groups (broad SMARTS) is 1. The largest absolute Gasteiger partial charge is 0.465 e. The van der Waals surface area contributed by atoms with Crippen LogP contribution in [0.2, 0.25) is 0 Å². The van der Waals surface area contributed by atoms with Crippen molar-refractivity contribution in [1.82, 2.24) is 24.5 Å². The zero-order valence-electron chi connectivity index (χ0n) is 13.7. The van der Waals surface area contributed by atoms with Crippen LogP contribution in [0.4, 0.5) is 10.6 Å². The Morgan fingerprint density at radius 1 is 1.15 bits per heavy atom. The number of amides is 2. The van der Waals surface area contributed by atoms with Gasteiger partial charge in [-0.3, -0.25) is 4.79 Å². The zero-order chi connectivity index (χ0) is 18.1. The van der Waals surface area contributed by atoms with Crippen LogP contribution in [0, 0.1) is 5.92 Å². The van der Waals surface area contributed by atoms with Crippen molar-refractivity contribution in [3.05, 3.63) is 42.9 Å². The van der Waals surface area contributed by atoms with E-state index in [2.05, 4.69) is 20.4 Å². The van der Waals surface area contributed by atoms with Crippen LogP contribution < -0.4 is 5.32 Å². The molecule has 1 aliphatic rings. The van der Waals surface area contributed by atoms with Crippen molar-refractivity contribution in [2.75, 3.05) is 18.4 Å². The average molecular weight is 352 g/mol. The van der Waals surface area contributed by atoms with Crippen molar-refractivity contribution in [2.24, 2.45) is 5.92 Å². The summed E-state index contributed by atoms with van der Waals surface area (Å²) < 4.78 is 1.71. The maximum Gasteiger partial charge on any atom is 0.407 e. The van der Waals surface area contributed by atoms with Crippen LogP contribution in [-0.2, 0) is 4.79 Å². The predicted molar refractivity (Wildman–Crippen MR) is 92.6 cm³/mol. The first kappa shape index (κ1) is 16.0. The molecule has 0 aromatic carbocycles. The topological polar surface area (TPSA) is 113 Å². The summed E-state index contributed by atoms with van der Waals surface area (Å²) in [5, 5.41) is 16.0. The number of likely N-dealkylation sites (tertiary alicyclic amines) is 1. The van der Waals surface area contributed by atoms with E-state index in [0.29, 0.717) is 18.8 Å². The Balaban J connectivity index is 1.54. The summed E-state index contributed by atoms with van der Waals surface area (Å²) in [6, 6.07) is 7.23. The third kappa shape index (κ3) is 2.94. The molecule has 9 heteroatoms. The van der Waals surface area contributed by atoms with Gasteiger partial charge >= 0.3 is 6.09 Å². The van der Waals surface area contributed by atoms with Gasteiger partial charge in [0, 0.05) is 37.1 Å². The van der Waals surface area contributed by atoms with E-state index < -0.39 is 6.09 Å². The lowest BCUT2D eigenvalue weighted by atomic mass is 10.1. The van der Waals surface area contributed by atoms with Crippen molar-refractivity contribution in [1.29, 1.82) is 0 Å². The monoisotopic (exact) mass is 352 g/mol. The fourth-order valence-corrected chi connectivity index (χ4v) is 3.09. The number of carbonyl (C=O) groups excluding carboxylic acids is 1. The normalized spacial score (nSPS) is 16.8. The molecule has 0 unspecified atom stereocenters. The lowest BCUT2D eigenvalue weighted by Gasteiger charge is -2.13. The maximum atomic E-state index is 12.4. The molecular formula is C17H16N6O3. The van der Waals surface area contributed by atoms with E-state index >= 15 is 0 Å². The Morgan fingerprint density at radius 2 is 2.00 bits per heavy atom. The lowest BCUT2D eigenvalue weighted by molar-refractivity contribution is -0.119. The van der Waals surface area contributed by atoms with Crippen LogP contribution in [0.3, 0.4) is 0 Å². The Kier molecular flexibility index (Phi) is 3.96. The molecule has 0 radical (unpaired) electrons. The number of nitrogens with zero attached hydrogens (tertiary/aromatic N) is 5. The Hall–Kier alpha value is -3.49. The summed E-state index contributed by atoms with van der Waals surface area (Å²) >= 11 is 0. The first-order valence-corrected chi connectivity index (χ1v) is 8.16. The summed E-state index contributed by atoms with van der Waals surface area (Å²) in [5.41, 5.74) is 2.39. The van der Waals surface area contributed by atoms with Gasteiger partial charge in [-0.2, -0.15) is 5.10 Å². The van der Waals surface area contributed by atoms with Gasteiger partial charge in [-0.1, -0.05) is 0 Å². The number of aromatic nitrogens is 4. The molecule has 2 amide bonds. The summed E-state index contributed by atoms with van der Waals surface area (Å²) in [6.45, 7) is 0.578. The third-order valence-electron chi connectivity index (χ3n) is 4.43. The molecule has 4 heterocycles. The van der Waals surface area contributed by atoms with E-state index in [1.807, 2.05) is 18.2 Å². The van der Waals surface area contributed by atoms with Crippen molar-refractivity contribution in [2.45, 2.75) is 6.42 Å². The van der Waals surface area contributed by atoms with E-state index in [1.165, 1.54) is 4.90 Å². The second kappa shape index (κ2) is 6.43. The summed E-state index contributed by atoms with van der Waals surface area (Å²) in [7, 11) is 0. The molecule has 132 valence electrons. The highest BCUT2D eigenvalue weighted by Crippen LogP contribution is 2.23. The highest BCUT2D eigenvalue weighted by Gasteiger charge is 2.31. The zero-order valence-corrected chi connectivity index (χ0v) is 13.7. The van der Waals surface area contributed by atoms with Gasteiger partial charge in [-0.15, -0.1) is 0 Å². The second-order valence-electron chi connectivity index (χ2n) is 6.06. The van der Waals surface area contributed by atoms with Crippen molar-refractivity contribution in [3.63, 3.8) is 0 Å². The maximum absolute atomic E-state index is 12.4. The molecule has 0 spiro atoms. The molecule has 2 N–H and O–H groups in total. The number of rotatable bonds is 3. The molecule has 1 atom stereocenters. The highest BCUT2D eigenvalue weighted by molar-refractivity contribution is 5.93. The van der Waals surface area contributed by atoms with E-state index in [0.717, 1.165) is 16.9 Å². The first-order chi connectivity index (χ1) is 12.6. The number of nitrogens with one attached hydrogen (secondary N) is 1. The highest BCUT2D eigenvalue weighted by atomic mass is 16.4. The van der Waals surface area contributed by atoms with Crippen LogP contribution in [0.25, 0.3) is 16.9 Å². The van der Waals surface area contributed by atoms with E-state index in [4.69, 9.17) is 5.11 Å². The molecule has 3 aromatic rings. The fourth-order valence-electron chi connectivity index (χ4n) is 3.09. The number of anilines is 1. The third-order valence-corrected chi connectivity index (χ3v) is 4.43. The van der Waals surface area contributed by atoms with Gasteiger partial charge in [0.2, 0.25) is 5.91 Å². The molecule has 9 nitrogen and oxygen atoms in total. The Morgan fingerprint density at radius 3 is 2.81 bits per heavy atom. The quantitative estimate of drug-likeness (QED) is 0.742.